The van der Waals surface area contributed by atoms with Crippen molar-refractivity contribution in [2.24, 2.45) is 0 Å². The highest BCUT2D eigenvalue weighted by Crippen LogP contribution is 2.41. The quantitative estimate of drug-likeness (QED) is 0.637. The van der Waals surface area contributed by atoms with Gasteiger partial charge in [0.1, 0.15) is 11.4 Å². The van der Waals surface area contributed by atoms with Crippen molar-refractivity contribution in [2.75, 3.05) is 38.7 Å². The Morgan fingerprint density at radius 2 is 2.07 bits per heavy atom. The van der Waals surface area contributed by atoms with Crippen LogP contribution in [0.25, 0.3) is 22.2 Å². The number of rotatable bonds is 5. The minimum atomic E-state index is -0.0223. The molecule has 0 saturated carbocycles. The molecule has 0 bridgehead atoms. The van der Waals surface area contributed by atoms with Crippen molar-refractivity contribution in [2.45, 2.75) is 19.9 Å². The third kappa shape index (κ3) is 3.82. The number of anilines is 1. The fourth-order valence-corrected chi connectivity index (χ4v) is 3.93. The number of carbonyl (C=O) groups is 1. The fraction of sp³-hybridized carbons (Fsp3) is 0.364. The SMILES string of the molecule is COc1cc(C(=O)N2CCOCC2)ccc1-c1cnc2[nH]cc(Cl)c2c1NC(C)C. The smallest absolute Gasteiger partial charge is 0.254 e. The van der Waals surface area contributed by atoms with Crippen LogP contribution in [0, 0.1) is 0 Å². The molecular formula is C22H25ClN4O3. The molecule has 7 nitrogen and oxygen atoms in total. The first-order valence-electron chi connectivity index (χ1n) is 9.97. The number of nitrogens with one attached hydrogen (secondary N) is 2. The molecule has 0 unspecified atom stereocenters. The Morgan fingerprint density at radius 3 is 2.77 bits per heavy atom. The van der Waals surface area contributed by atoms with E-state index in [9.17, 15) is 4.79 Å². The summed E-state index contributed by atoms with van der Waals surface area (Å²) >= 11 is 6.44. The number of amides is 1. The number of aromatic nitrogens is 2. The van der Waals surface area contributed by atoms with Crippen LogP contribution in [0.3, 0.4) is 0 Å². The number of carbonyl (C=O) groups excluding carboxylic acids is 1. The molecule has 4 rings (SSSR count). The lowest BCUT2D eigenvalue weighted by atomic mass is 10.00. The number of hydrogen-bond donors (Lipinski definition) is 2. The van der Waals surface area contributed by atoms with E-state index >= 15 is 0 Å². The number of benzene rings is 1. The molecule has 0 spiro atoms. The van der Waals surface area contributed by atoms with Crippen molar-refractivity contribution in [3.8, 4) is 16.9 Å². The minimum Gasteiger partial charge on any atom is -0.496 e. The molecule has 2 aromatic heterocycles. The summed E-state index contributed by atoms with van der Waals surface area (Å²) in [6, 6.07) is 5.71. The van der Waals surface area contributed by atoms with Crippen LogP contribution in [0.2, 0.25) is 5.02 Å². The van der Waals surface area contributed by atoms with Crippen LogP contribution in [-0.2, 0) is 4.74 Å². The predicted octanol–water partition coefficient (Wildman–Crippen LogP) is 4.18. The van der Waals surface area contributed by atoms with Crippen LogP contribution in [0.1, 0.15) is 24.2 Å². The van der Waals surface area contributed by atoms with E-state index in [0.29, 0.717) is 48.3 Å². The lowest BCUT2D eigenvalue weighted by molar-refractivity contribution is 0.0302. The number of halogens is 1. The van der Waals surface area contributed by atoms with Crippen molar-refractivity contribution in [3.63, 3.8) is 0 Å². The second-order valence-electron chi connectivity index (χ2n) is 7.53. The van der Waals surface area contributed by atoms with Crippen molar-refractivity contribution >= 4 is 34.2 Å². The third-order valence-corrected chi connectivity index (χ3v) is 5.42. The van der Waals surface area contributed by atoms with Crippen LogP contribution >= 0.6 is 11.6 Å². The molecule has 1 aliphatic heterocycles. The Bertz CT molecular complexity index is 1070. The Labute approximate surface area is 180 Å². The number of methoxy groups -OCH3 is 1. The van der Waals surface area contributed by atoms with E-state index in [1.54, 1.807) is 30.5 Å². The van der Waals surface area contributed by atoms with Gasteiger partial charge in [-0.25, -0.2) is 4.98 Å². The number of hydrogen-bond acceptors (Lipinski definition) is 5. The molecule has 1 saturated heterocycles. The van der Waals surface area contributed by atoms with Gasteiger partial charge in [0.2, 0.25) is 0 Å². The van der Waals surface area contributed by atoms with E-state index in [4.69, 9.17) is 21.1 Å². The molecule has 8 heteroatoms. The molecule has 1 aliphatic rings. The molecule has 30 heavy (non-hydrogen) atoms. The number of fused-ring (bicyclic) bond motifs is 1. The summed E-state index contributed by atoms with van der Waals surface area (Å²) in [4.78, 5) is 22.3. The Balaban J connectivity index is 1.79. The van der Waals surface area contributed by atoms with Gasteiger partial charge in [-0.15, -0.1) is 0 Å². The van der Waals surface area contributed by atoms with Gasteiger partial charge in [-0.1, -0.05) is 11.6 Å². The lowest BCUT2D eigenvalue weighted by Gasteiger charge is -2.27. The largest absolute Gasteiger partial charge is 0.496 e. The van der Waals surface area contributed by atoms with Gasteiger partial charge in [-0.3, -0.25) is 4.79 Å². The van der Waals surface area contributed by atoms with E-state index in [2.05, 4.69) is 29.1 Å². The number of H-pyrrole nitrogens is 1. The summed E-state index contributed by atoms with van der Waals surface area (Å²) in [6.45, 7) is 6.45. The van der Waals surface area contributed by atoms with Crippen LogP contribution in [-0.4, -0.2) is 60.2 Å². The topological polar surface area (TPSA) is 79.5 Å². The lowest BCUT2D eigenvalue weighted by Crippen LogP contribution is -2.40. The maximum Gasteiger partial charge on any atom is 0.254 e. The summed E-state index contributed by atoms with van der Waals surface area (Å²) in [5, 5.41) is 4.92. The van der Waals surface area contributed by atoms with Gasteiger partial charge in [0.05, 0.1) is 36.4 Å². The molecule has 3 aromatic rings. The van der Waals surface area contributed by atoms with Gasteiger partial charge < -0.3 is 24.7 Å². The first-order valence-corrected chi connectivity index (χ1v) is 10.3. The second-order valence-corrected chi connectivity index (χ2v) is 7.93. The number of pyridine rings is 1. The van der Waals surface area contributed by atoms with Crippen molar-refractivity contribution in [3.05, 3.63) is 41.2 Å². The zero-order valence-electron chi connectivity index (χ0n) is 17.3. The van der Waals surface area contributed by atoms with Crippen LogP contribution < -0.4 is 10.1 Å². The molecule has 0 radical (unpaired) electrons. The summed E-state index contributed by atoms with van der Waals surface area (Å²) in [7, 11) is 1.60. The molecule has 3 heterocycles. The molecule has 2 N–H and O–H groups in total. The first-order chi connectivity index (χ1) is 14.5. The molecule has 1 amide bonds. The highest BCUT2D eigenvalue weighted by atomic mass is 35.5. The standard InChI is InChI=1S/C22H25ClN4O3/c1-13(2)26-20-16(11-24-21-19(20)17(23)12-25-21)15-5-4-14(10-18(15)29-3)22(28)27-6-8-30-9-7-27/h4-5,10-13H,6-9H2,1-3H3,(H2,24,25,26). The van der Waals surface area contributed by atoms with Gasteiger partial charge in [0, 0.05) is 48.2 Å². The Morgan fingerprint density at radius 1 is 1.30 bits per heavy atom. The van der Waals surface area contributed by atoms with E-state index in [-0.39, 0.29) is 11.9 Å². The number of morpholine rings is 1. The van der Waals surface area contributed by atoms with Crippen molar-refractivity contribution < 1.29 is 14.3 Å². The normalized spacial score (nSPS) is 14.4. The average Bonchev–Trinajstić information content (AvgIpc) is 3.14. The van der Waals surface area contributed by atoms with E-state index in [1.807, 2.05) is 12.1 Å². The zero-order valence-corrected chi connectivity index (χ0v) is 18.0. The van der Waals surface area contributed by atoms with Gasteiger partial charge in [0.15, 0.2) is 0 Å². The highest BCUT2D eigenvalue weighted by Gasteiger charge is 2.22. The van der Waals surface area contributed by atoms with Crippen molar-refractivity contribution in [1.82, 2.24) is 14.9 Å². The van der Waals surface area contributed by atoms with Gasteiger partial charge in [-0.2, -0.15) is 0 Å². The molecule has 158 valence electrons. The summed E-state index contributed by atoms with van der Waals surface area (Å²) in [5.74, 6) is 0.583. The monoisotopic (exact) mass is 428 g/mol. The molecular weight excluding hydrogens is 404 g/mol. The number of nitrogens with zero attached hydrogens (tertiary/aromatic N) is 2. The van der Waals surface area contributed by atoms with Gasteiger partial charge in [-0.05, 0) is 32.0 Å². The summed E-state index contributed by atoms with van der Waals surface area (Å²) in [5.41, 5.74) is 3.88. The van der Waals surface area contributed by atoms with Crippen molar-refractivity contribution in [1.29, 1.82) is 0 Å². The van der Waals surface area contributed by atoms with Crippen LogP contribution in [0.5, 0.6) is 5.75 Å². The van der Waals surface area contributed by atoms with Crippen LogP contribution in [0.4, 0.5) is 5.69 Å². The summed E-state index contributed by atoms with van der Waals surface area (Å²) < 4.78 is 11.0. The Kier molecular flexibility index (Phi) is 5.83. The number of ether oxygens (including phenoxy) is 2. The highest BCUT2D eigenvalue weighted by molar-refractivity contribution is 6.36. The van der Waals surface area contributed by atoms with Crippen LogP contribution in [0.15, 0.2) is 30.6 Å². The Hall–Kier alpha value is -2.77. The third-order valence-electron chi connectivity index (χ3n) is 5.12. The second kappa shape index (κ2) is 8.53. The zero-order chi connectivity index (χ0) is 21.3. The van der Waals surface area contributed by atoms with Gasteiger partial charge in [0.25, 0.3) is 5.91 Å². The molecule has 0 atom stereocenters. The average molecular weight is 429 g/mol. The fourth-order valence-electron chi connectivity index (χ4n) is 3.70. The maximum absolute atomic E-state index is 12.9. The van der Waals surface area contributed by atoms with Gasteiger partial charge >= 0.3 is 0 Å². The van der Waals surface area contributed by atoms with E-state index in [1.165, 1.54) is 0 Å². The van der Waals surface area contributed by atoms with E-state index in [0.717, 1.165) is 22.2 Å². The van der Waals surface area contributed by atoms with E-state index < -0.39 is 0 Å². The predicted molar refractivity (Wildman–Crippen MR) is 119 cm³/mol. The number of aromatic amines is 1. The molecule has 0 aliphatic carbocycles. The summed E-state index contributed by atoms with van der Waals surface area (Å²) in [6.07, 6.45) is 3.52. The minimum absolute atomic E-state index is 0.0223. The molecule has 1 aromatic carbocycles. The first kappa shape index (κ1) is 20.5. The molecule has 1 fully saturated rings. The maximum atomic E-state index is 12.9.